The standard InChI is InChI=1S/C16H16ClFN2O2/c1-10(8-14(21)11-2-5-13(18)6-3-11)20-16(22)12-4-7-15(17)19-9-12/h2-7,9-10,14,21H,8H2,1H3,(H,20,22). The fourth-order valence-corrected chi connectivity index (χ4v) is 2.14. The van der Waals surface area contributed by atoms with Crippen LogP contribution in [0.5, 0.6) is 0 Å². The van der Waals surface area contributed by atoms with Crippen LogP contribution in [0.15, 0.2) is 42.6 Å². The monoisotopic (exact) mass is 322 g/mol. The molecule has 2 N–H and O–H groups in total. The molecule has 1 heterocycles. The van der Waals surface area contributed by atoms with Gasteiger partial charge in [0, 0.05) is 12.2 Å². The van der Waals surface area contributed by atoms with E-state index < -0.39 is 6.10 Å². The number of rotatable bonds is 5. The molecule has 1 aromatic carbocycles. The Hall–Kier alpha value is -1.98. The molecule has 0 fully saturated rings. The highest BCUT2D eigenvalue weighted by Gasteiger charge is 2.15. The summed E-state index contributed by atoms with van der Waals surface area (Å²) in [7, 11) is 0. The number of nitrogens with one attached hydrogen (secondary N) is 1. The van der Waals surface area contributed by atoms with Crippen LogP contribution in [0.1, 0.15) is 35.4 Å². The van der Waals surface area contributed by atoms with Gasteiger partial charge in [0.05, 0.1) is 11.7 Å². The second kappa shape index (κ2) is 7.33. The van der Waals surface area contributed by atoms with Gasteiger partial charge in [0.15, 0.2) is 0 Å². The Balaban J connectivity index is 1.91. The number of halogens is 2. The number of pyridine rings is 1. The van der Waals surface area contributed by atoms with Gasteiger partial charge in [-0.3, -0.25) is 4.79 Å². The smallest absolute Gasteiger partial charge is 0.253 e. The molecule has 1 aromatic heterocycles. The molecule has 0 saturated heterocycles. The van der Waals surface area contributed by atoms with Crippen molar-refractivity contribution in [3.63, 3.8) is 0 Å². The Kier molecular flexibility index (Phi) is 5.46. The molecule has 116 valence electrons. The Labute approximate surface area is 133 Å². The molecule has 0 spiro atoms. The van der Waals surface area contributed by atoms with Crippen LogP contribution in [-0.2, 0) is 0 Å². The second-order valence-electron chi connectivity index (χ2n) is 5.05. The number of hydrogen-bond acceptors (Lipinski definition) is 3. The first-order valence-corrected chi connectivity index (χ1v) is 7.19. The van der Waals surface area contributed by atoms with Gasteiger partial charge in [0.2, 0.25) is 0 Å². The molecule has 0 aliphatic rings. The van der Waals surface area contributed by atoms with Gasteiger partial charge in [-0.25, -0.2) is 9.37 Å². The van der Waals surface area contributed by atoms with Gasteiger partial charge in [0.25, 0.3) is 5.91 Å². The van der Waals surface area contributed by atoms with Crippen molar-refractivity contribution < 1.29 is 14.3 Å². The van der Waals surface area contributed by atoms with Crippen molar-refractivity contribution in [2.75, 3.05) is 0 Å². The number of carbonyl (C=O) groups is 1. The first-order chi connectivity index (χ1) is 10.5. The van der Waals surface area contributed by atoms with E-state index in [4.69, 9.17) is 11.6 Å². The second-order valence-corrected chi connectivity index (χ2v) is 5.43. The fourth-order valence-electron chi connectivity index (χ4n) is 2.03. The number of nitrogens with zero attached hydrogens (tertiary/aromatic N) is 1. The summed E-state index contributed by atoms with van der Waals surface area (Å²) >= 11 is 5.67. The highest BCUT2D eigenvalue weighted by atomic mass is 35.5. The van der Waals surface area contributed by atoms with E-state index in [0.717, 1.165) is 0 Å². The van der Waals surface area contributed by atoms with Gasteiger partial charge < -0.3 is 10.4 Å². The van der Waals surface area contributed by atoms with Crippen molar-refractivity contribution in [3.8, 4) is 0 Å². The van der Waals surface area contributed by atoms with E-state index in [1.807, 2.05) is 0 Å². The zero-order valence-electron chi connectivity index (χ0n) is 12.0. The van der Waals surface area contributed by atoms with Crippen LogP contribution in [0, 0.1) is 5.82 Å². The zero-order chi connectivity index (χ0) is 16.1. The lowest BCUT2D eigenvalue weighted by molar-refractivity contribution is 0.0916. The van der Waals surface area contributed by atoms with E-state index in [0.29, 0.717) is 22.7 Å². The summed E-state index contributed by atoms with van der Waals surface area (Å²) in [6, 6.07) is 8.49. The number of aromatic nitrogens is 1. The lowest BCUT2D eigenvalue weighted by Gasteiger charge is -2.18. The van der Waals surface area contributed by atoms with Crippen molar-refractivity contribution in [2.45, 2.75) is 25.5 Å². The maximum atomic E-state index is 12.8. The summed E-state index contributed by atoms with van der Waals surface area (Å²) in [6.07, 6.45) is 0.929. The van der Waals surface area contributed by atoms with E-state index >= 15 is 0 Å². The molecule has 0 saturated carbocycles. The fraction of sp³-hybridized carbons (Fsp3) is 0.250. The van der Waals surface area contributed by atoms with Crippen LogP contribution in [-0.4, -0.2) is 22.0 Å². The maximum absolute atomic E-state index is 12.8. The minimum atomic E-state index is -0.778. The maximum Gasteiger partial charge on any atom is 0.253 e. The number of carbonyl (C=O) groups excluding carboxylic acids is 1. The Morgan fingerprint density at radius 2 is 2.00 bits per heavy atom. The molecule has 2 rings (SSSR count). The molecule has 22 heavy (non-hydrogen) atoms. The lowest BCUT2D eigenvalue weighted by Crippen LogP contribution is -2.33. The van der Waals surface area contributed by atoms with Crippen LogP contribution >= 0.6 is 11.6 Å². The third-order valence-corrected chi connectivity index (χ3v) is 3.42. The first kappa shape index (κ1) is 16.4. The molecule has 0 aliphatic carbocycles. The van der Waals surface area contributed by atoms with Crippen molar-refractivity contribution in [1.82, 2.24) is 10.3 Å². The van der Waals surface area contributed by atoms with Crippen molar-refractivity contribution in [2.24, 2.45) is 0 Å². The van der Waals surface area contributed by atoms with Gasteiger partial charge in [0.1, 0.15) is 11.0 Å². The number of aliphatic hydroxyl groups excluding tert-OH is 1. The summed E-state index contributed by atoms with van der Waals surface area (Å²) < 4.78 is 12.8. The van der Waals surface area contributed by atoms with E-state index in [2.05, 4.69) is 10.3 Å². The number of hydrogen-bond donors (Lipinski definition) is 2. The van der Waals surface area contributed by atoms with Crippen molar-refractivity contribution >= 4 is 17.5 Å². The summed E-state index contributed by atoms with van der Waals surface area (Å²) in [4.78, 5) is 15.8. The molecule has 4 nitrogen and oxygen atoms in total. The van der Waals surface area contributed by atoms with Crippen LogP contribution in [0.25, 0.3) is 0 Å². The Morgan fingerprint density at radius 3 is 2.59 bits per heavy atom. The highest BCUT2D eigenvalue weighted by molar-refractivity contribution is 6.29. The summed E-state index contributed by atoms with van der Waals surface area (Å²) in [5.74, 6) is -0.643. The lowest BCUT2D eigenvalue weighted by atomic mass is 10.0. The molecular weight excluding hydrogens is 307 g/mol. The highest BCUT2D eigenvalue weighted by Crippen LogP contribution is 2.18. The van der Waals surface area contributed by atoms with Crippen LogP contribution in [0.3, 0.4) is 0 Å². The molecule has 2 unspecified atom stereocenters. The van der Waals surface area contributed by atoms with E-state index in [9.17, 15) is 14.3 Å². The first-order valence-electron chi connectivity index (χ1n) is 6.81. The van der Waals surface area contributed by atoms with Crippen LogP contribution in [0.2, 0.25) is 5.15 Å². The number of aliphatic hydroxyl groups is 1. The van der Waals surface area contributed by atoms with E-state index in [1.165, 1.54) is 36.5 Å². The molecule has 2 aromatic rings. The number of amides is 1. The molecule has 0 aliphatic heterocycles. The third-order valence-electron chi connectivity index (χ3n) is 3.20. The number of benzene rings is 1. The largest absolute Gasteiger partial charge is 0.388 e. The average molecular weight is 323 g/mol. The Bertz CT molecular complexity index is 632. The normalized spacial score (nSPS) is 13.5. The quantitative estimate of drug-likeness (QED) is 0.831. The average Bonchev–Trinajstić information content (AvgIpc) is 2.48. The molecule has 2 atom stereocenters. The molecular formula is C16H16ClFN2O2. The summed E-state index contributed by atoms with van der Waals surface area (Å²) in [6.45, 7) is 1.79. The topological polar surface area (TPSA) is 62.2 Å². The van der Waals surface area contributed by atoms with Gasteiger partial charge in [-0.15, -0.1) is 0 Å². The molecule has 0 radical (unpaired) electrons. The third kappa shape index (κ3) is 4.51. The van der Waals surface area contributed by atoms with E-state index in [-0.39, 0.29) is 17.8 Å². The van der Waals surface area contributed by atoms with Crippen LogP contribution in [0.4, 0.5) is 4.39 Å². The molecule has 6 heteroatoms. The predicted molar refractivity (Wildman–Crippen MR) is 82.2 cm³/mol. The minimum Gasteiger partial charge on any atom is -0.388 e. The van der Waals surface area contributed by atoms with Gasteiger partial charge in [-0.05, 0) is 43.2 Å². The summed E-state index contributed by atoms with van der Waals surface area (Å²) in [5, 5.41) is 13.2. The van der Waals surface area contributed by atoms with E-state index in [1.54, 1.807) is 13.0 Å². The molecule has 0 bridgehead atoms. The van der Waals surface area contributed by atoms with Gasteiger partial charge >= 0.3 is 0 Å². The zero-order valence-corrected chi connectivity index (χ0v) is 12.7. The summed E-state index contributed by atoms with van der Waals surface area (Å²) in [5.41, 5.74) is 1.00. The minimum absolute atomic E-state index is 0.261. The van der Waals surface area contributed by atoms with Gasteiger partial charge in [-0.2, -0.15) is 0 Å². The predicted octanol–water partition coefficient (Wildman–Crippen LogP) is 3.12. The van der Waals surface area contributed by atoms with Crippen molar-refractivity contribution in [3.05, 3.63) is 64.7 Å². The SMILES string of the molecule is CC(CC(O)c1ccc(F)cc1)NC(=O)c1ccc(Cl)nc1. The van der Waals surface area contributed by atoms with Gasteiger partial charge in [-0.1, -0.05) is 23.7 Å². The molecule has 1 amide bonds. The van der Waals surface area contributed by atoms with Crippen molar-refractivity contribution in [1.29, 1.82) is 0 Å². The van der Waals surface area contributed by atoms with Crippen LogP contribution < -0.4 is 5.32 Å². The Morgan fingerprint density at radius 1 is 1.32 bits per heavy atom.